The monoisotopic (exact) mass is 349 g/mol. The van der Waals surface area contributed by atoms with E-state index in [0.29, 0.717) is 5.56 Å². The normalized spacial score (nSPS) is 16.4. The number of rotatable bonds is 3. The number of hydrogen-bond acceptors (Lipinski definition) is 3. The predicted molar refractivity (Wildman–Crippen MR) is 100 cm³/mol. The van der Waals surface area contributed by atoms with Gasteiger partial charge in [-0.1, -0.05) is 30.3 Å². The minimum atomic E-state index is -0.0224. The van der Waals surface area contributed by atoms with Crippen molar-refractivity contribution < 1.29 is 9.53 Å². The number of methoxy groups -OCH3 is 1. The third-order valence-corrected chi connectivity index (χ3v) is 5.68. The molecule has 4 heteroatoms. The standard InChI is InChI=1S/C21H19NO2S/c1-24-17-9-7-16(8-10-17)21(23)22-13-11-19-18(12-14-25-19)20(22)15-5-3-2-4-6-15/h2-10,12,14,20H,11,13H2,1H3. The molecule has 1 aliphatic heterocycles. The zero-order chi connectivity index (χ0) is 17.2. The first kappa shape index (κ1) is 15.9. The first-order valence-electron chi connectivity index (χ1n) is 8.34. The van der Waals surface area contributed by atoms with Crippen LogP contribution in [0, 0.1) is 0 Å². The molecular weight excluding hydrogens is 330 g/mol. The molecule has 1 unspecified atom stereocenters. The van der Waals surface area contributed by atoms with Crippen molar-refractivity contribution in [2.45, 2.75) is 12.5 Å². The molecule has 1 atom stereocenters. The highest BCUT2D eigenvalue weighted by Crippen LogP contribution is 2.38. The van der Waals surface area contributed by atoms with Crippen LogP contribution in [0.4, 0.5) is 0 Å². The lowest BCUT2D eigenvalue weighted by Crippen LogP contribution is -2.40. The number of amides is 1. The van der Waals surface area contributed by atoms with E-state index in [9.17, 15) is 4.79 Å². The molecule has 0 saturated heterocycles. The first-order valence-corrected chi connectivity index (χ1v) is 9.22. The predicted octanol–water partition coefficient (Wildman–Crippen LogP) is 4.54. The molecular formula is C21H19NO2S. The molecule has 0 aliphatic carbocycles. The lowest BCUT2D eigenvalue weighted by molar-refractivity contribution is 0.0696. The lowest BCUT2D eigenvalue weighted by atomic mass is 9.92. The minimum absolute atomic E-state index is 0.0224. The Morgan fingerprint density at radius 3 is 2.56 bits per heavy atom. The Kier molecular flexibility index (Phi) is 4.28. The van der Waals surface area contributed by atoms with Gasteiger partial charge in [0.1, 0.15) is 5.75 Å². The second kappa shape index (κ2) is 6.73. The molecule has 2 aromatic carbocycles. The van der Waals surface area contributed by atoms with Crippen molar-refractivity contribution in [2.24, 2.45) is 0 Å². The van der Waals surface area contributed by atoms with Crippen molar-refractivity contribution in [2.75, 3.05) is 13.7 Å². The zero-order valence-electron chi connectivity index (χ0n) is 14.0. The van der Waals surface area contributed by atoms with E-state index < -0.39 is 0 Å². The molecule has 0 N–H and O–H groups in total. The average molecular weight is 349 g/mol. The van der Waals surface area contributed by atoms with Crippen molar-refractivity contribution in [3.05, 3.63) is 87.6 Å². The Labute approximate surface area is 151 Å². The number of carbonyl (C=O) groups excluding carboxylic acids is 1. The summed E-state index contributed by atoms with van der Waals surface area (Å²) >= 11 is 1.78. The van der Waals surface area contributed by atoms with Gasteiger partial charge in [0.2, 0.25) is 0 Å². The second-order valence-electron chi connectivity index (χ2n) is 6.09. The number of benzene rings is 2. The average Bonchev–Trinajstić information content (AvgIpc) is 3.16. The Balaban J connectivity index is 1.73. The SMILES string of the molecule is COc1ccc(C(=O)N2CCc3sccc3C2c2ccccc2)cc1. The highest BCUT2D eigenvalue weighted by atomic mass is 32.1. The van der Waals surface area contributed by atoms with Gasteiger partial charge >= 0.3 is 0 Å². The van der Waals surface area contributed by atoms with Crippen LogP contribution >= 0.6 is 11.3 Å². The smallest absolute Gasteiger partial charge is 0.254 e. The highest BCUT2D eigenvalue weighted by molar-refractivity contribution is 7.10. The van der Waals surface area contributed by atoms with E-state index in [4.69, 9.17) is 4.74 Å². The number of carbonyl (C=O) groups is 1. The Morgan fingerprint density at radius 2 is 1.84 bits per heavy atom. The first-order chi connectivity index (χ1) is 12.3. The van der Waals surface area contributed by atoms with Crippen LogP contribution in [-0.2, 0) is 6.42 Å². The molecule has 0 spiro atoms. The Hall–Kier alpha value is -2.59. The van der Waals surface area contributed by atoms with E-state index in [0.717, 1.165) is 24.3 Å². The van der Waals surface area contributed by atoms with Gasteiger partial charge in [-0.05, 0) is 53.3 Å². The molecule has 1 aliphatic rings. The van der Waals surface area contributed by atoms with Crippen LogP contribution in [0.25, 0.3) is 0 Å². The van der Waals surface area contributed by atoms with Crippen molar-refractivity contribution in [1.29, 1.82) is 0 Å². The molecule has 3 aromatic rings. The fourth-order valence-electron chi connectivity index (χ4n) is 3.43. The van der Waals surface area contributed by atoms with E-state index >= 15 is 0 Å². The van der Waals surface area contributed by atoms with Crippen molar-refractivity contribution in [3.63, 3.8) is 0 Å². The van der Waals surface area contributed by atoms with Crippen LogP contribution in [-0.4, -0.2) is 24.5 Å². The van der Waals surface area contributed by atoms with E-state index in [2.05, 4.69) is 23.6 Å². The van der Waals surface area contributed by atoms with Gasteiger partial charge in [-0.3, -0.25) is 4.79 Å². The van der Waals surface area contributed by atoms with E-state index in [1.807, 2.05) is 47.4 Å². The molecule has 3 nitrogen and oxygen atoms in total. The maximum atomic E-state index is 13.2. The van der Waals surface area contributed by atoms with E-state index in [1.165, 1.54) is 10.4 Å². The van der Waals surface area contributed by atoms with Crippen molar-refractivity contribution in [3.8, 4) is 5.75 Å². The Bertz CT molecular complexity index is 870. The summed E-state index contributed by atoms with van der Waals surface area (Å²) < 4.78 is 5.20. The minimum Gasteiger partial charge on any atom is -0.497 e. The zero-order valence-corrected chi connectivity index (χ0v) is 14.8. The maximum absolute atomic E-state index is 13.2. The van der Waals surface area contributed by atoms with Gasteiger partial charge < -0.3 is 9.64 Å². The third-order valence-electron chi connectivity index (χ3n) is 4.68. The van der Waals surface area contributed by atoms with Gasteiger partial charge in [-0.25, -0.2) is 0 Å². The summed E-state index contributed by atoms with van der Waals surface area (Å²) in [6, 6.07) is 19.8. The fourth-order valence-corrected chi connectivity index (χ4v) is 4.33. The van der Waals surface area contributed by atoms with E-state index in [-0.39, 0.29) is 11.9 Å². The summed E-state index contributed by atoms with van der Waals surface area (Å²) in [6.07, 6.45) is 0.915. The largest absolute Gasteiger partial charge is 0.497 e. The number of nitrogens with zero attached hydrogens (tertiary/aromatic N) is 1. The highest BCUT2D eigenvalue weighted by Gasteiger charge is 2.33. The quantitative estimate of drug-likeness (QED) is 0.694. The van der Waals surface area contributed by atoms with Gasteiger partial charge in [0.15, 0.2) is 0 Å². The number of hydrogen-bond donors (Lipinski definition) is 0. The van der Waals surface area contributed by atoms with Crippen LogP contribution in [0.3, 0.4) is 0 Å². The summed E-state index contributed by atoms with van der Waals surface area (Å²) in [4.78, 5) is 16.6. The fraction of sp³-hybridized carbons (Fsp3) is 0.190. The van der Waals surface area contributed by atoms with Gasteiger partial charge in [0.25, 0.3) is 5.91 Å². The third kappa shape index (κ3) is 2.94. The molecule has 126 valence electrons. The van der Waals surface area contributed by atoms with Gasteiger partial charge in [-0.2, -0.15) is 0 Å². The topological polar surface area (TPSA) is 29.5 Å². The van der Waals surface area contributed by atoms with Crippen LogP contribution in [0.1, 0.15) is 32.4 Å². The van der Waals surface area contributed by atoms with Crippen LogP contribution < -0.4 is 4.74 Å². The molecule has 1 amide bonds. The number of thiophene rings is 1. The number of ether oxygens (including phenoxy) is 1. The summed E-state index contributed by atoms with van der Waals surface area (Å²) in [5.41, 5.74) is 3.11. The van der Waals surface area contributed by atoms with Gasteiger partial charge in [0, 0.05) is 17.0 Å². The molecule has 4 rings (SSSR count). The van der Waals surface area contributed by atoms with Crippen LogP contribution in [0.2, 0.25) is 0 Å². The van der Waals surface area contributed by atoms with Gasteiger partial charge in [0.05, 0.1) is 13.2 Å². The molecule has 0 fully saturated rings. The second-order valence-corrected chi connectivity index (χ2v) is 7.09. The van der Waals surface area contributed by atoms with Crippen molar-refractivity contribution >= 4 is 17.2 Å². The van der Waals surface area contributed by atoms with Gasteiger partial charge in [-0.15, -0.1) is 11.3 Å². The summed E-state index contributed by atoms with van der Waals surface area (Å²) in [7, 11) is 1.63. The van der Waals surface area contributed by atoms with Crippen LogP contribution in [0.5, 0.6) is 5.75 Å². The summed E-state index contributed by atoms with van der Waals surface area (Å²) in [5, 5.41) is 2.13. The molecule has 0 radical (unpaired) electrons. The number of fused-ring (bicyclic) bond motifs is 1. The maximum Gasteiger partial charge on any atom is 0.254 e. The summed E-state index contributed by atoms with van der Waals surface area (Å²) in [6.45, 7) is 0.734. The molecule has 0 bridgehead atoms. The Morgan fingerprint density at radius 1 is 1.08 bits per heavy atom. The molecule has 1 aromatic heterocycles. The molecule has 0 saturated carbocycles. The van der Waals surface area contributed by atoms with Crippen LogP contribution in [0.15, 0.2) is 66.0 Å². The molecule has 2 heterocycles. The lowest BCUT2D eigenvalue weighted by Gasteiger charge is -2.36. The molecule has 25 heavy (non-hydrogen) atoms. The van der Waals surface area contributed by atoms with Crippen molar-refractivity contribution in [1.82, 2.24) is 4.90 Å². The van der Waals surface area contributed by atoms with E-state index in [1.54, 1.807) is 18.4 Å². The summed E-state index contributed by atoms with van der Waals surface area (Å²) in [5.74, 6) is 0.822.